The first-order valence-corrected chi connectivity index (χ1v) is 7.36. The summed E-state index contributed by atoms with van der Waals surface area (Å²) < 4.78 is 1.73. The number of nitrogens with zero attached hydrogens (tertiary/aromatic N) is 4. The van der Waals surface area contributed by atoms with E-state index >= 15 is 0 Å². The molecule has 2 aromatic heterocycles. The number of amides is 1. The van der Waals surface area contributed by atoms with Gasteiger partial charge in [0.15, 0.2) is 0 Å². The number of carbonyl (C=O) groups is 1. The lowest BCUT2D eigenvalue weighted by molar-refractivity contribution is 0.102. The molecule has 6 nitrogen and oxygen atoms in total. The van der Waals surface area contributed by atoms with Crippen LogP contribution in [0.3, 0.4) is 0 Å². The fraction of sp³-hybridized carbons (Fsp3) is 0.125. The van der Waals surface area contributed by atoms with Crippen molar-refractivity contribution in [2.24, 2.45) is 0 Å². The van der Waals surface area contributed by atoms with Gasteiger partial charge >= 0.3 is 0 Å². The number of aryl methyl sites for hydroxylation is 1. The monoisotopic (exact) mass is 327 g/mol. The van der Waals surface area contributed by atoms with Crippen molar-refractivity contribution >= 4 is 23.5 Å². The van der Waals surface area contributed by atoms with Gasteiger partial charge in [0.2, 0.25) is 5.95 Å². The maximum Gasteiger partial charge on any atom is 0.258 e. The van der Waals surface area contributed by atoms with Crippen LogP contribution in [0.2, 0.25) is 5.02 Å². The Balaban J connectivity index is 1.67. The predicted molar refractivity (Wildman–Crippen MR) is 87.5 cm³/mol. The van der Waals surface area contributed by atoms with Crippen molar-refractivity contribution in [3.8, 4) is 0 Å². The molecule has 0 radical (unpaired) electrons. The summed E-state index contributed by atoms with van der Waals surface area (Å²) >= 11 is 5.83. The zero-order valence-corrected chi connectivity index (χ0v) is 13.2. The van der Waals surface area contributed by atoms with Gasteiger partial charge in [-0.15, -0.1) is 0 Å². The third-order valence-electron chi connectivity index (χ3n) is 3.18. The molecule has 1 aromatic carbocycles. The van der Waals surface area contributed by atoms with E-state index in [9.17, 15) is 4.79 Å². The first-order valence-electron chi connectivity index (χ1n) is 6.98. The van der Waals surface area contributed by atoms with Gasteiger partial charge in [0.1, 0.15) is 0 Å². The molecule has 23 heavy (non-hydrogen) atoms. The topological polar surface area (TPSA) is 72.7 Å². The second kappa shape index (κ2) is 6.58. The summed E-state index contributed by atoms with van der Waals surface area (Å²) in [6, 6.07) is 9.03. The Bertz CT molecular complexity index is 828. The number of halogens is 1. The molecule has 0 atom stereocenters. The van der Waals surface area contributed by atoms with Gasteiger partial charge in [-0.25, -0.2) is 9.97 Å². The molecule has 1 N–H and O–H groups in total. The Morgan fingerprint density at radius 1 is 1.26 bits per heavy atom. The van der Waals surface area contributed by atoms with Gasteiger partial charge in [-0.3, -0.25) is 14.8 Å². The average Bonchev–Trinajstić information content (AvgIpc) is 2.93. The van der Waals surface area contributed by atoms with Crippen LogP contribution in [0.1, 0.15) is 21.6 Å². The second-order valence-electron chi connectivity index (χ2n) is 5.03. The van der Waals surface area contributed by atoms with Crippen molar-refractivity contribution in [2.75, 3.05) is 5.32 Å². The van der Waals surface area contributed by atoms with Crippen molar-refractivity contribution in [2.45, 2.75) is 13.5 Å². The normalized spacial score (nSPS) is 10.5. The minimum Gasteiger partial charge on any atom is -0.290 e. The minimum absolute atomic E-state index is 0.246. The maximum absolute atomic E-state index is 12.2. The quantitative estimate of drug-likeness (QED) is 0.799. The number of benzene rings is 1. The zero-order chi connectivity index (χ0) is 16.2. The highest BCUT2D eigenvalue weighted by Gasteiger charge is 2.08. The van der Waals surface area contributed by atoms with Crippen LogP contribution in [0.4, 0.5) is 5.95 Å². The number of nitrogens with one attached hydrogen (secondary N) is 1. The molecule has 0 spiro atoms. The lowest BCUT2D eigenvalue weighted by Crippen LogP contribution is -2.14. The minimum atomic E-state index is -0.246. The molecule has 3 aromatic rings. The van der Waals surface area contributed by atoms with E-state index in [0.717, 1.165) is 11.3 Å². The Hall–Kier alpha value is -2.73. The largest absolute Gasteiger partial charge is 0.290 e. The molecule has 0 fully saturated rings. The van der Waals surface area contributed by atoms with Crippen molar-refractivity contribution in [1.29, 1.82) is 0 Å². The van der Waals surface area contributed by atoms with Crippen LogP contribution in [0.25, 0.3) is 0 Å². The van der Waals surface area contributed by atoms with Gasteiger partial charge < -0.3 is 0 Å². The van der Waals surface area contributed by atoms with Gasteiger partial charge in [-0.05, 0) is 30.7 Å². The Kier molecular flexibility index (Phi) is 4.34. The molecule has 0 saturated carbocycles. The number of carbonyl (C=O) groups excluding carboxylic acids is 1. The van der Waals surface area contributed by atoms with Crippen molar-refractivity contribution in [1.82, 2.24) is 19.7 Å². The van der Waals surface area contributed by atoms with Crippen LogP contribution in [0, 0.1) is 6.92 Å². The smallest absolute Gasteiger partial charge is 0.258 e. The van der Waals surface area contributed by atoms with Crippen LogP contribution in [0.15, 0.2) is 48.9 Å². The van der Waals surface area contributed by atoms with Crippen molar-refractivity contribution in [3.05, 3.63) is 70.8 Å². The summed E-state index contributed by atoms with van der Waals surface area (Å²) in [6.07, 6.45) is 4.94. The SMILES string of the molecule is Cc1ccnc(NC(=O)c2ccc(Cn3cc(Cl)cn3)cc2)n1. The molecule has 2 heterocycles. The molecule has 0 saturated heterocycles. The average molecular weight is 328 g/mol. The summed E-state index contributed by atoms with van der Waals surface area (Å²) in [5.74, 6) is 0.0505. The molecular weight excluding hydrogens is 314 g/mol. The van der Waals surface area contributed by atoms with Crippen LogP contribution < -0.4 is 5.32 Å². The number of hydrogen-bond acceptors (Lipinski definition) is 4. The molecule has 0 unspecified atom stereocenters. The van der Waals surface area contributed by atoms with E-state index in [0.29, 0.717) is 23.1 Å². The summed E-state index contributed by atoms with van der Waals surface area (Å²) in [6.45, 7) is 2.43. The van der Waals surface area contributed by atoms with Crippen LogP contribution >= 0.6 is 11.6 Å². The number of rotatable bonds is 4. The van der Waals surface area contributed by atoms with Crippen LogP contribution in [0.5, 0.6) is 0 Å². The first kappa shape index (κ1) is 15.2. The predicted octanol–water partition coefficient (Wildman–Crippen LogP) is 2.94. The van der Waals surface area contributed by atoms with E-state index in [1.807, 2.05) is 19.1 Å². The summed E-state index contributed by atoms with van der Waals surface area (Å²) in [7, 11) is 0. The van der Waals surface area contributed by atoms with Crippen LogP contribution in [-0.2, 0) is 6.54 Å². The van der Waals surface area contributed by atoms with E-state index in [-0.39, 0.29) is 5.91 Å². The van der Waals surface area contributed by atoms with Crippen molar-refractivity contribution < 1.29 is 4.79 Å². The lowest BCUT2D eigenvalue weighted by Gasteiger charge is -2.06. The third kappa shape index (κ3) is 3.92. The fourth-order valence-electron chi connectivity index (χ4n) is 2.06. The zero-order valence-electron chi connectivity index (χ0n) is 12.4. The van der Waals surface area contributed by atoms with E-state index in [1.165, 1.54) is 0 Å². The molecule has 0 aliphatic carbocycles. The van der Waals surface area contributed by atoms with Gasteiger partial charge in [-0.2, -0.15) is 5.10 Å². The van der Waals surface area contributed by atoms with E-state index in [2.05, 4.69) is 20.4 Å². The van der Waals surface area contributed by atoms with E-state index in [1.54, 1.807) is 41.5 Å². The molecule has 0 aliphatic rings. The maximum atomic E-state index is 12.2. The van der Waals surface area contributed by atoms with Crippen LogP contribution in [-0.4, -0.2) is 25.7 Å². The summed E-state index contributed by atoms with van der Waals surface area (Å²) in [4.78, 5) is 20.3. The highest BCUT2D eigenvalue weighted by molar-refractivity contribution is 6.30. The number of anilines is 1. The number of hydrogen-bond donors (Lipinski definition) is 1. The molecule has 0 bridgehead atoms. The Morgan fingerprint density at radius 3 is 2.70 bits per heavy atom. The molecule has 116 valence electrons. The molecule has 7 heteroatoms. The molecule has 1 amide bonds. The molecule has 3 rings (SSSR count). The highest BCUT2D eigenvalue weighted by Crippen LogP contribution is 2.10. The summed E-state index contributed by atoms with van der Waals surface area (Å²) in [5, 5.41) is 7.39. The molecular formula is C16H14ClN5O. The fourth-order valence-corrected chi connectivity index (χ4v) is 2.21. The van der Waals surface area contributed by atoms with Gasteiger partial charge in [0, 0.05) is 23.7 Å². The summed E-state index contributed by atoms with van der Waals surface area (Å²) in [5.41, 5.74) is 2.36. The second-order valence-corrected chi connectivity index (χ2v) is 5.47. The highest BCUT2D eigenvalue weighted by atomic mass is 35.5. The van der Waals surface area contributed by atoms with Gasteiger partial charge in [-0.1, -0.05) is 23.7 Å². The van der Waals surface area contributed by atoms with Crippen molar-refractivity contribution in [3.63, 3.8) is 0 Å². The van der Waals surface area contributed by atoms with E-state index in [4.69, 9.17) is 11.6 Å². The Labute approximate surface area is 138 Å². The first-order chi connectivity index (χ1) is 11.1. The number of aromatic nitrogens is 4. The standard InChI is InChI=1S/C16H14ClN5O/c1-11-6-7-18-16(20-11)21-15(23)13-4-2-12(3-5-13)9-22-10-14(17)8-19-22/h2-8,10H,9H2,1H3,(H,18,20,21,23). The Morgan fingerprint density at radius 2 is 2.04 bits per heavy atom. The lowest BCUT2D eigenvalue weighted by atomic mass is 10.1. The third-order valence-corrected chi connectivity index (χ3v) is 3.38. The van der Waals surface area contributed by atoms with E-state index < -0.39 is 0 Å². The molecule has 0 aliphatic heterocycles. The van der Waals surface area contributed by atoms with Gasteiger partial charge in [0.05, 0.1) is 17.8 Å². The van der Waals surface area contributed by atoms with Gasteiger partial charge in [0.25, 0.3) is 5.91 Å².